The number of rotatable bonds is 10. The maximum absolute atomic E-state index is 13.6. The highest BCUT2D eigenvalue weighted by atomic mass is 16.5. The van der Waals surface area contributed by atoms with E-state index in [1.165, 1.54) is 5.56 Å². The van der Waals surface area contributed by atoms with E-state index in [-0.39, 0.29) is 17.9 Å². The molecule has 0 radical (unpaired) electrons. The number of benzene rings is 2. The summed E-state index contributed by atoms with van der Waals surface area (Å²) in [7, 11) is 1.64. The first-order valence-electron chi connectivity index (χ1n) is 12.0. The van der Waals surface area contributed by atoms with Crippen molar-refractivity contribution in [1.29, 1.82) is 0 Å². The van der Waals surface area contributed by atoms with Gasteiger partial charge in [-0.1, -0.05) is 49.4 Å². The van der Waals surface area contributed by atoms with Crippen molar-refractivity contribution in [3.8, 4) is 5.75 Å². The first kappa shape index (κ1) is 23.3. The van der Waals surface area contributed by atoms with E-state index in [9.17, 15) is 9.59 Å². The molecule has 4 rings (SSSR count). The number of amides is 2. The van der Waals surface area contributed by atoms with E-state index in [2.05, 4.69) is 41.4 Å². The van der Waals surface area contributed by atoms with Gasteiger partial charge in [-0.05, 0) is 49.1 Å². The predicted molar refractivity (Wildman–Crippen MR) is 129 cm³/mol. The van der Waals surface area contributed by atoms with Crippen LogP contribution in [0.25, 0.3) is 0 Å². The Kier molecular flexibility index (Phi) is 7.33. The highest BCUT2D eigenvalue weighted by molar-refractivity contribution is 5.91. The first-order chi connectivity index (χ1) is 16.1. The molecule has 2 amide bonds. The average molecular weight is 450 g/mol. The number of nitrogens with one attached hydrogen (secondary N) is 1. The Morgan fingerprint density at radius 3 is 2.76 bits per heavy atom. The molecule has 2 heterocycles. The molecular formula is C27H35N3O3. The zero-order valence-corrected chi connectivity index (χ0v) is 19.8. The van der Waals surface area contributed by atoms with E-state index < -0.39 is 5.41 Å². The number of hydrogen-bond acceptors (Lipinski definition) is 4. The van der Waals surface area contributed by atoms with Crippen molar-refractivity contribution < 1.29 is 14.3 Å². The molecule has 2 aliphatic rings. The summed E-state index contributed by atoms with van der Waals surface area (Å²) < 4.78 is 5.42. The number of ether oxygens (including phenoxy) is 1. The van der Waals surface area contributed by atoms with Gasteiger partial charge in [-0.3, -0.25) is 14.5 Å². The highest BCUT2D eigenvalue weighted by Crippen LogP contribution is 2.43. The summed E-state index contributed by atoms with van der Waals surface area (Å²) >= 11 is 0. The zero-order chi connectivity index (χ0) is 23.3. The van der Waals surface area contributed by atoms with Gasteiger partial charge >= 0.3 is 0 Å². The van der Waals surface area contributed by atoms with Crippen LogP contribution in [0.1, 0.15) is 43.7 Å². The molecule has 2 fully saturated rings. The van der Waals surface area contributed by atoms with Crippen LogP contribution < -0.4 is 10.1 Å². The van der Waals surface area contributed by atoms with Crippen LogP contribution in [0, 0.1) is 0 Å². The van der Waals surface area contributed by atoms with Crippen LogP contribution in [-0.4, -0.2) is 60.9 Å². The van der Waals surface area contributed by atoms with Gasteiger partial charge in [-0.15, -0.1) is 0 Å². The maximum atomic E-state index is 13.6. The molecule has 0 unspecified atom stereocenters. The van der Waals surface area contributed by atoms with Crippen LogP contribution in [0.5, 0.6) is 5.75 Å². The molecule has 0 saturated carbocycles. The van der Waals surface area contributed by atoms with Crippen molar-refractivity contribution in [2.45, 2.75) is 50.6 Å². The maximum Gasteiger partial charge on any atom is 0.232 e. The molecule has 0 aromatic heterocycles. The van der Waals surface area contributed by atoms with Gasteiger partial charge in [0.2, 0.25) is 11.8 Å². The van der Waals surface area contributed by atoms with Crippen LogP contribution in [0.4, 0.5) is 0 Å². The molecule has 0 spiro atoms. The van der Waals surface area contributed by atoms with Crippen LogP contribution in [0.15, 0.2) is 54.6 Å². The molecule has 2 atom stereocenters. The number of carbonyl (C=O) groups is 2. The normalized spacial score (nSPS) is 22.0. The standard InChI is InChI=1S/C27H35N3O3/c1-3-29(19-21-9-5-4-6-10-21)16-8-15-28-26(32)27(22-11-7-12-24(17-22)33-2)18-23-13-14-25(31)30(23)20-27/h4-7,9-12,17,23H,3,8,13-16,18-20H2,1-2H3,(H,28,32)/t23-,27-/m0/s1. The number of nitrogens with zero attached hydrogens (tertiary/aromatic N) is 2. The minimum atomic E-state index is -0.718. The third kappa shape index (κ3) is 5.06. The smallest absolute Gasteiger partial charge is 0.232 e. The van der Waals surface area contributed by atoms with E-state index in [0.29, 0.717) is 25.9 Å². The number of hydrogen-bond donors (Lipinski definition) is 1. The lowest BCUT2D eigenvalue weighted by Gasteiger charge is -2.29. The molecule has 2 aliphatic heterocycles. The second kappa shape index (κ2) is 10.4. The average Bonchev–Trinajstić information content (AvgIpc) is 3.41. The van der Waals surface area contributed by atoms with E-state index in [1.807, 2.05) is 35.2 Å². The quantitative estimate of drug-likeness (QED) is 0.565. The monoisotopic (exact) mass is 449 g/mol. The summed E-state index contributed by atoms with van der Waals surface area (Å²) in [6.07, 6.45) is 2.98. The van der Waals surface area contributed by atoms with Gasteiger partial charge in [0.1, 0.15) is 5.75 Å². The topological polar surface area (TPSA) is 61.9 Å². The van der Waals surface area contributed by atoms with Gasteiger partial charge < -0.3 is 15.0 Å². The third-order valence-corrected chi connectivity index (χ3v) is 7.17. The fourth-order valence-corrected chi connectivity index (χ4v) is 5.27. The van der Waals surface area contributed by atoms with Gasteiger partial charge in [0.15, 0.2) is 0 Å². The van der Waals surface area contributed by atoms with Crippen molar-refractivity contribution in [3.05, 3.63) is 65.7 Å². The van der Waals surface area contributed by atoms with Crippen molar-refractivity contribution in [2.24, 2.45) is 0 Å². The second-order valence-electron chi connectivity index (χ2n) is 9.20. The molecule has 2 saturated heterocycles. The Bertz CT molecular complexity index is 964. The zero-order valence-electron chi connectivity index (χ0n) is 19.8. The SMILES string of the molecule is CCN(CCCNC(=O)[C@@]1(c2cccc(OC)c2)C[C@@H]2CCC(=O)N2C1)Cc1ccccc1. The molecule has 6 nitrogen and oxygen atoms in total. The molecule has 0 bridgehead atoms. The molecule has 2 aromatic carbocycles. The van der Waals surface area contributed by atoms with Gasteiger partial charge in [0.25, 0.3) is 0 Å². The second-order valence-corrected chi connectivity index (χ2v) is 9.20. The fraction of sp³-hybridized carbons (Fsp3) is 0.481. The van der Waals surface area contributed by atoms with Crippen molar-refractivity contribution in [3.63, 3.8) is 0 Å². The minimum absolute atomic E-state index is 0.0176. The van der Waals surface area contributed by atoms with Crippen LogP contribution >= 0.6 is 0 Å². The molecule has 0 aliphatic carbocycles. The van der Waals surface area contributed by atoms with Crippen molar-refractivity contribution in [2.75, 3.05) is 33.3 Å². The number of carbonyl (C=O) groups excluding carboxylic acids is 2. The Morgan fingerprint density at radius 1 is 1.21 bits per heavy atom. The summed E-state index contributed by atoms with van der Waals surface area (Å²) in [6, 6.07) is 18.4. The first-order valence-corrected chi connectivity index (χ1v) is 12.0. The Balaban J connectivity index is 1.40. The Hall–Kier alpha value is -2.86. The summed E-state index contributed by atoms with van der Waals surface area (Å²) in [5.74, 6) is 0.915. The van der Waals surface area contributed by atoms with E-state index in [4.69, 9.17) is 4.74 Å². The molecule has 1 N–H and O–H groups in total. The molecule has 6 heteroatoms. The largest absolute Gasteiger partial charge is 0.497 e. The Morgan fingerprint density at radius 2 is 2.03 bits per heavy atom. The van der Waals surface area contributed by atoms with Crippen LogP contribution in [0.3, 0.4) is 0 Å². The highest BCUT2D eigenvalue weighted by Gasteiger charge is 2.53. The van der Waals surface area contributed by atoms with E-state index >= 15 is 0 Å². The molecule has 33 heavy (non-hydrogen) atoms. The van der Waals surface area contributed by atoms with Crippen LogP contribution in [0.2, 0.25) is 0 Å². The number of methoxy groups -OCH3 is 1. The predicted octanol–water partition coefficient (Wildman–Crippen LogP) is 3.36. The summed E-state index contributed by atoms with van der Waals surface area (Å²) in [5, 5.41) is 3.20. The fourth-order valence-electron chi connectivity index (χ4n) is 5.27. The van der Waals surface area contributed by atoms with Crippen molar-refractivity contribution >= 4 is 11.8 Å². The molecular weight excluding hydrogens is 414 g/mol. The summed E-state index contributed by atoms with van der Waals surface area (Å²) in [5.41, 5.74) is 1.52. The van der Waals surface area contributed by atoms with Crippen molar-refractivity contribution in [1.82, 2.24) is 15.1 Å². The number of fused-ring (bicyclic) bond motifs is 1. The Labute approximate surface area is 196 Å². The summed E-state index contributed by atoms with van der Waals surface area (Å²) in [4.78, 5) is 30.3. The van der Waals surface area contributed by atoms with E-state index in [1.54, 1.807) is 7.11 Å². The van der Waals surface area contributed by atoms with Crippen LogP contribution in [-0.2, 0) is 21.5 Å². The van der Waals surface area contributed by atoms with Gasteiger partial charge in [0.05, 0.1) is 12.5 Å². The van der Waals surface area contributed by atoms with Gasteiger partial charge in [-0.25, -0.2) is 0 Å². The minimum Gasteiger partial charge on any atom is -0.497 e. The lowest BCUT2D eigenvalue weighted by molar-refractivity contribution is -0.129. The lowest BCUT2D eigenvalue weighted by atomic mass is 9.76. The van der Waals surface area contributed by atoms with Gasteiger partial charge in [0, 0.05) is 38.6 Å². The third-order valence-electron chi connectivity index (χ3n) is 7.17. The molecule has 176 valence electrons. The lowest BCUT2D eigenvalue weighted by Crippen LogP contribution is -2.47. The van der Waals surface area contributed by atoms with Gasteiger partial charge in [-0.2, -0.15) is 0 Å². The molecule has 2 aromatic rings. The summed E-state index contributed by atoms with van der Waals surface area (Å²) in [6.45, 7) is 6.04. The van der Waals surface area contributed by atoms with E-state index in [0.717, 1.165) is 43.8 Å².